The highest BCUT2D eigenvalue weighted by molar-refractivity contribution is 6.43. The molecule has 90 valence electrons. The van der Waals surface area contributed by atoms with Crippen LogP contribution in [-0.2, 0) is 0 Å². The summed E-state index contributed by atoms with van der Waals surface area (Å²) in [6.07, 6.45) is 6.06. The molecule has 0 saturated heterocycles. The van der Waals surface area contributed by atoms with E-state index < -0.39 is 0 Å². The van der Waals surface area contributed by atoms with Gasteiger partial charge in [0.2, 0.25) is 0 Å². The maximum Gasteiger partial charge on any atom is 0.323 e. The number of carbonyl (C=O) groups excluding carboxylic acids is 1. The zero-order chi connectivity index (χ0) is 12.3. The second kappa shape index (κ2) is 5.43. The van der Waals surface area contributed by atoms with E-state index in [2.05, 4.69) is 10.6 Å². The Labute approximate surface area is 110 Å². The Bertz CT molecular complexity index is 456. The molecule has 1 aromatic carbocycles. The number of hydrogen-bond donors (Lipinski definition) is 2. The highest BCUT2D eigenvalue weighted by Crippen LogP contribution is 2.30. The van der Waals surface area contributed by atoms with Gasteiger partial charge in [-0.1, -0.05) is 35.3 Å². The van der Waals surface area contributed by atoms with Gasteiger partial charge in [0.15, 0.2) is 0 Å². The Balaban J connectivity index is 1.90. The lowest BCUT2D eigenvalue weighted by atomic mass is 10.3. The van der Waals surface area contributed by atoms with Gasteiger partial charge in [0.1, 0.15) is 0 Å². The number of amides is 2. The van der Waals surface area contributed by atoms with E-state index in [0.717, 1.165) is 0 Å². The summed E-state index contributed by atoms with van der Waals surface area (Å²) in [5.74, 6) is 0.630. The van der Waals surface area contributed by atoms with Gasteiger partial charge in [0.25, 0.3) is 0 Å². The molecular weight excluding hydrogens is 259 g/mol. The van der Waals surface area contributed by atoms with Crippen molar-refractivity contribution in [3.63, 3.8) is 0 Å². The van der Waals surface area contributed by atoms with E-state index in [1.165, 1.54) is 12.8 Å². The standard InChI is InChI=1S/C12H12Cl2N2O/c13-9-2-1-3-10(11(9)14)16-12(17)15-7-6-8-4-5-8/h1-3,6-8H,4-5H2,(H2,15,16,17)/b7-6+. The van der Waals surface area contributed by atoms with Gasteiger partial charge < -0.3 is 10.6 Å². The maximum atomic E-state index is 11.5. The zero-order valence-corrected chi connectivity index (χ0v) is 10.6. The monoisotopic (exact) mass is 270 g/mol. The number of hydrogen-bond acceptors (Lipinski definition) is 1. The van der Waals surface area contributed by atoms with Crippen LogP contribution in [0.15, 0.2) is 30.5 Å². The Morgan fingerprint density at radius 2 is 2.12 bits per heavy atom. The molecule has 0 heterocycles. The van der Waals surface area contributed by atoms with Gasteiger partial charge in [-0.2, -0.15) is 0 Å². The van der Waals surface area contributed by atoms with Gasteiger partial charge in [-0.25, -0.2) is 4.79 Å². The molecule has 1 fully saturated rings. The molecule has 1 saturated carbocycles. The van der Waals surface area contributed by atoms with Crippen LogP contribution in [0.25, 0.3) is 0 Å². The molecule has 2 N–H and O–H groups in total. The molecule has 1 aliphatic rings. The first-order valence-corrected chi connectivity index (χ1v) is 6.10. The van der Waals surface area contributed by atoms with Crippen molar-refractivity contribution in [3.05, 3.63) is 40.5 Å². The zero-order valence-electron chi connectivity index (χ0n) is 9.04. The Morgan fingerprint density at radius 1 is 1.35 bits per heavy atom. The quantitative estimate of drug-likeness (QED) is 0.855. The fourth-order valence-corrected chi connectivity index (χ4v) is 1.66. The van der Waals surface area contributed by atoms with Crippen LogP contribution in [0.2, 0.25) is 10.0 Å². The van der Waals surface area contributed by atoms with E-state index in [0.29, 0.717) is 21.7 Å². The third kappa shape index (κ3) is 3.65. The summed E-state index contributed by atoms with van der Waals surface area (Å²) in [7, 11) is 0. The molecule has 0 atom stereocenters. The van der Waals surface area contributed by atoms with Crippen LogP contribution in [-0.4, -0.2) is 6.03 Å². The molecule has 0 spiro atoms. The average molecular weight is 271 g/mol. The van der Waals surface area contributed by atoms with Gasteiger partial charge in [-0.3, -0.25) is 0 Å². The SMILES string of the molecule is O=C(N/C=C/C1CC1)Nc1cccc(Cl)c1Cl. The van der Waals surface area contributed by atoms with Crippen LogP contribution in [0.3, 0.4) is 0 Å². The van der Waals surface area contributed by atoms with Crippen LogP contribution in [0.1, 0.15) is 12.8 Å². The maximum absolute atomic E-state index is 11.5. The molecule has 2 rings (SSSR count). The fourth-order valence-electron chi connectivity index (χ4n) is 1.31. The number of nitrogens with one attached hydrogen (secondary N) is 2. The van der Waals surface area contributed by atoms with Crippen molar-refractivity contribution in [2.24, 2.45) is 5.92 Å². The second-order valence-corrected chi connectivity index (χ2v) is 4.68. The number of urea groups is 1. The second-order valence-electron chi connectivity index (χ2n) is 3.90. The minimum Gasteiger partial charge on any atom is -0.315 e. The molecule has 5 heteroatoms. The minimum atomic E-state index is -0.328. The van der Waals surface area contributed by atoms with Crippen molar-refractivity contribution in [2.75, 3.05) is 5.32 Å². The molecule has 0 bridgehead atoms. The first-order valence-electron chi connectivity index (χ1n) is 5.35. The van der Waals surface area contributed by atoms with E-state index >= 15 is 0 Å². The van der Waals surface area contributed by atoms with Crippen LogP contribution in [0.5, 0.6) is 0 Å². The molecule has 2 amide bonds. The summed E-state index contributed by atoms with van der Waals surface area (Å²) in [6.45, 7) is 0. The molecule has 0 aliphatic heterocycles. The Morgan fingerprint density at radius 3 is 2.82 bits per heavy atom. The van der Waals surface area contributed by atoms with Crippen LogP contribution < -0.4 is 10.6 Å². The topological polar surface area (TPSA) is 41.1 Å². The molecule has 0 aromatic heterocycles. The molecule has 0 radical (unpaired) electrons. The Hall–Kier alpha value is -1.19. The molecular formula is C12H12Cl2N2O. The van der Waals surface area contributed by atoms with Crippen molar-refractivity contribution in [3.8, 4) is 0 Å². The van der Waals surface area contributed by atoms with E-state index in [1.54, 1.807) is 24.4 Å². The van der Waals surface area contributed by atoms with E-state index in [9.17, 15) is 4.79 Å². The van der Waals surface area contributed by atoms with E-state index in [4.69, 9.17) is 23.2 Å². The number of anilines is 1. The predicted octanol–water partition coefficient (Wildman–Crippen LogP) is 4.04. The van der Waals surface area contributed by atoms with Crippen LogP contribution in [0, 0.1) is 5.92 Å². The Kier molecular flexibility index (Phi) is 3.92. The van der Waals surface area contributed by atoms with Crippen molar-refractivity contribution < 1.29 is 4.79 Å². The molecule has 1 aromatic rings. The third-order valence-corrected chi connectivity index (χ3v) is 3.22. The van der Waals surface area contributed by atoms with Gasteiger partial charge in [0.05, 0.1) is 15.7 Å². The highest BCUT2D eigenvalue weighted by atomic mass is 35.5. The predicted molar refractivity (Wildman–Crippen MR) is 70.5 cm³/mol. The number of halogens is 2. The summed E-state index contributed by atoms with van der Waals surface area (Å²) < 4.78 is 0. The van der Waals surface area contributed by atoms with Gasteiger partial charge in [0, 0.05) is 6.20 Å². The third-order valence-electron chi connectivity index (χ3n) is 2.40. The highest BCUT2D eigenvalue weighted by Gasteiger charge is 2.17. The van der Waals surface area contributed by atoms with Gasteiger partial charge in [-0.05, 0) is 30.9 Å². The number of allylic oxidation sites excluding steroid dienone is 1. The lowest BCUT2D eigenvalue weighted by Crippen LogP contribution is -2.24. The fraction of sp³-hybridized carbons (Fsp3) is 0.250. The molecule has 0 unspecified atom stereocenters. The van der Waals surface area contributed by atoms with E-state index in [-0.39, 0.29) is 6.03 Å². The average Bonchev–Trinajstić information content (AvgIpc) is 3.09. The first-order chi connectivity index (χ1) is 8.16. The minimum absolute atomic E-state index is 0.328. The van der Waals surface area contributed by atoms with Crippen molar-refractivity contribution >= 4 is 34.9 Å². The number of benzene rings is 1. The normalized spacial score (nSPS) is 14.9. The van der Waals surface area contributed by atoms with Crippen molar-refractivity contribution in [1.82, 2.24) is 5.32 Å². The number of carbonyl (C=O) groups is 1. The van der Waals surface area contributed by atoms with Crippen molar-refractivity contribution in [1.29, 1.82) is 0 Å². The molecule has 3 nitrogen and oxygen atoms in total. The summed E-state index contributed by atoms with van der Waals surface area (Å²) >= 11 is 11.8. The summed E-state index contributed by atoms with van der Waals surface area (Å²) in [4.78, 5) is 11.5. The number of rotatable bonds is 3. The smallest absolute Gasteiger partial charge is 0.315 e. The summed E-state index contributed by atoms with van der Waals surface area (Å²) in [5, 5.41) is 6.00. The van der Waals surface area contributed by atoms with Gasteiger partial charge in [-0.15, -0.1) is 0 Å². The van der Waals surface area contributed by atoms with Crippen LogP contribution in [0.4, 0.5) is 10.5 Å². The molecule has 1 aliphatic carbocycles. The lowest BCUT2D eigenvalue weighted by Gasteiger charge is -2.07. The molecule has 17 heavy (non-hydrogen) atoms. The lowest BCUT2D eigenvalue weighted by molar-refractivity contribution is 0.255. The van der Waals surface area contributed by atoms with Crippen LogP contribution >= 0.6 is 23.2 Å². The summed E-state index contributed by atoms with van der Waals surface area (Å²) in [6, 6.07) is 4.76. The van der Waals surface area contributed by atoms with Gasteiger partial charge >= 0.3 is 6.03 Å². The van der Waals surface area contributed by atoms with E-state index in [1.807, 2.05) is 6.08 Å². The summed E-state index contributed by atoms with van der Waals surface area (Å²) in [5.41, 5.74) is 0.497. The first kappa shape index (κ1) is 12.3. The largest absolute Gasteiger partial charge is 0.323 e. The van der Waals surface area contributed by atoms with Crippen molar-refractivity contribution in [2.45, 2.75) is 12.8 Å².